The Morgan fingerprint density at radius 2 is 1.91 bits per heavy atom. The lowest BCUT2D eigenvalue weighted by molar-refractivity contribution is -0.164. The van der Waals surface area contributed by atoms with Crippen molar-refractivity contribution < 1.29 is 23.8 Å². The van der Waals surface area contributed by atoms with Crippen molar-refractivity contribution in [2.75, 3.05) is 14.2 Å². The molecule has 1 fully saturated rings. The molecule has 1 saturated carbocycles. The van der Waals surface area contributed by atoms with Gasteiger partial charge in [-0.25, -0.2) is 0 Å². The molecule has 0 amide bonds. The number of ether oxygens (including phenoxy) is 2. The van der Waals surface area contributed by atoms with Crippen LogP contribution in [0.5, 0.6) is 11.5 Å². The summed E-state index contributed by atoms with van der Waals surface area (Å²) in [4.78, 5) is 12.3. The zero-order valence-electron chi connectivity index (χ0n) is 13.8. The summed E-state index contributed by atoms with van der Waals surface area (Å²) in [7, 11) is 1.09. The highest BCUT2D eigenvalue weighted by atomic mass is 28.4. The first-order valence-corrected chi connectivity index (χ1v) is 10.8. The maximum atomic E-state index is 12.3. The highest BCUT2D eigenvalue weighted by Gasteiger charge is 2.55. The van der Waals surface area contributed by atoms with Gasteiger partial charge in [-0.15, -0.1) is 0 Å². The van der Waals surface area contributed by atoms with Crippen LogP contribution in [-0.2, 0) is 9.22 Å². The molecule has 1 aromatic carbocycles. The molecule has 2 rings (SSSR count). The van der Waals surface area contributed by atoms with Gasteiger partial charge in [0.25, 0.3) is 0 Å². The molecule has 0 saturated heterocycles. The van der Waals surface area contributed by atoms with E-state index in [1.165, 1.54) is 7.11 Å². The molecular weight excluding hydrogens is 300 g/mol. The third-order valence-corrected chi connectivity index (χ3v) is 4.83. The highest BCUT2D eigenvalue weighted by Crippen LogP contribution is 2.47. The van der Waals surface area contributed by atoms with E-state index in [2.05, 4.69) is 0 Å². The number of carbonyl (C=O) groups excluding carboxylic acids is 1. The van der Waals surface area contributed by atoms with Crippen LogP contribution in [0.2, 0.25) is 19.6 Å². The van der Waals surface area contributed by atoms with Crippen molar-refractivity contribution in [3.05, 3.63) is 23.8 Å². The van der Waals surface area contributed by atoms with Crippen LogP contribution in [0.1, 0.15) is 24.5 Å². The Morgan fingerprint density at radius 1 is 1.23 bits per heavy atom. The van der Waals surface area contributed by atoms with Crippen LogP contribution < -0.4 is 9.47 Å². The summed E-state index contributed by atoms with van der Waals surface area (Å²) in [5.41, 5.74) is -0.627. The van der Waals surface area contributed by atoms with E-state index < -0.39 is 20.0 Å². The number of carbonyl (C=O) groups is 1. The van der Waals surface area contributed by atoms with Crippen LogP contribution in [-0.4, -0.2) is 39.0 Å². The van der Waals surface area contributed by atoms with Crippen LogP contribution in [0.25, 0.3) is 0 Å². The topological polar surface area (TPSA) is 65.0 Å². The van der Waals surface area contributed by atoms with Crippen molar-refractivity contribution in [2.45, 2.75) is 44.2 Å². The molecule has 1 aliphatic carbocycles. The zero-order chi connectivity index (χ0) is 16.5. The molecule has 1 N–H and O–H groups in total. The van der Waals surface area contributed by atoms with Crippen molar-refractivity contribution in [3.63, 3.8) is 0 Å². The minimum absolute atomic E-state index is 0.0488. The number of ketones is 1. The molecule has 2 unspecified atom stereocenters. The van der Waals surface area contributed by atoms with E-state index in [9.17, 15) is 9.90 Å². The number of Topliss-reactive ketones (excluding diaryl/α,β-unsaturated/α-hetero) is 1. The molecule has 0 aliphatic heterocycles. The molecule has 5 nitrogen and oxygen atoms in total. The largest absolute Gasteiger partial charge is 0.497 e. The monoisotopic (exact) mass is 324 g/mol. The van der Waals surface area contributed by atoms with E-state index in [-0.39, 0.29) is 5.78 Å². The quantitative estimate of drug-likeness (QED) is 0.815. The molecule has 22 heavy (non-hydrogen) atoms. The molecule has 6 heteroatoms. The van der Waals surface area contributed by atoms with Crippen LogP contribution in [0.15, 0.2) is 18.2 Å². The standard InChI is InChI=1S/C16H24O5Si/c1-19-11-6-7-13(20-2)12(10-11)15(18)16(9-8-14(16)17)21-22(3,4)5/h6-7,10,15,18H,8-9H2,1-5H3. The Bertz CT molecular complexity index is 566. The fourth-order valence-electron chi connectivity index (χ4n) is 2.78. The SMILES string of the molecule is COc1ccc(OC)c(C(O)C2(O[Si](C)(C)C)CCC2=O)c1. The summed E-state index contributed by atoms with van der Waals surface area (Å²) in [6, 6.07) is 5.18. The molecule has 122 valence electrons. The van der Waals surface area contributed by atoms with Crippen LogP contribution in [0.3, 0.4) is 0 Å². The first-order chi connectivity index (χ1) is 10.2. The lowest BCUT2D eigenvalue weighted by Gasteiger charge is -2.47. The first-order valence-electron chi connectivity index (χ1n) is 7.37. The molecule has 2 atom stereocenters. The van der Waals surface area contributed by atoms with Gasteiger partial charge in [-0.3, -0.25) is 4.79 Å². The molecule has 0 aromatic heterocycles. The Labute approximate surface area is 132 Å². The second-order valence-corrected chi connectivity index (χ2v) is 11.0. The Hall–Kier alpha value is -1.37. The van der Waals surface area contributed by atoms with E-state index in [0.29, 0.717) is 29.9 Å². The Balaban J connectivity index is 2.44. The minimum Gasteiger partial charge on any atom is -0.497 e. The minimum atomic E-state index is -2.00. The summed E-state index contributed by atoms with van der Waals surface area (Å²) in [5.74, 6) is 1.07. The summed E-state index contributed by atoms with van der Waals surface area (Å²) in [6.07, 6.45) is -0.101. The Morgan fingerprint density at radius 3 is 2.32 bits per heavy atom. The highest BCUT2D eigenvalue weighted by molar-refractivity contribution is 6.70. The maximum absolute atomic E-state index is 12.3. The normalized spacial score (nSPS) is 22.9. The van der Waals surface area contributed by atoms with Gasteiger partial charge in [0.1, 0.15) is 23.2 Å². The number of hydrogen-bond donors (Lipinski definition) is 1. The summed E-state index contributed by atoms with van der Waals surface area (Å²) < 4.78 is 16.6. The summed E-state index contributed by atoms with van der Waals surface area (Å²) >= 11 is 0. The number of benzene rings is 1. The number of methoxy groups -OCH3 is 2. The van der Waals surface area contributed by atoms with Gasteiger partial charge in [0, 0.05) is 12.0 Å². The van der Waals surface area contributed by atoms with Gasteiger partial charge < -0.3 is 19.0 Å². The van der Waals surface area contributed by atoms with Gasteiger partial charge >= 0.3 is 0 Å². The summed E-state index contributed by atoms with van der Waals surface area (Å²) in [5, 5.41) is 10.9. The van der Waals surface area contributed by atoms with E-state index in [1.54, 1.807) is 25.3 Å². The van der Waals surface area contributed by atoms with Gasteiger partial charge in [0.15, 0.2) is 14.1 Å². The third kappa shape index (κ3) is 3.04. The van der Waals surface area contributed by atoms with Crippen LogP contribution in [0.4, 0.5) is 0 Å². The van der Waals surface area contributed by atoms with E-state index in [4.69, 9.17) is 13.9 Å². The van der Waals surface area contributed by atoms with Crippen molar-refractivity contribution in [3.8, 4) is 11.5 Å². The maximum Gasteiger partial charge on any atom is 0.185 e. The van der Waals surface area contributed by atoms with E-state index >= 15 is 0 Å². The van der Waals surface area contributed by atoms with E-state index in [1.807, 2.05) is 19.6 Å². The molecule has 0 heterocycles. The lowest BCUT2D eigenvalue weighted by Crippen LogP contribution is -2.59. The predicted octanol–water partition coefficient (Wildman–Crippen LogP) is 2.69. The molecule has 1 aromatic rings. The third-order valence-electron chi connectivity index (χ3n) is 3.86. The van der Waals surface area contributed by atoms with Gasteiger partial charge in [0.05, 0.1) is 14.2 Å². The molecule has 0 bridgehead atoms. The fraction of sp³-hybridized carbons (Fsp3) is 0.562. The van der Waals surface area contributed by atoms with Gasteiger partial charge in [-0.2, -0.15) is 0 Å². The smallest absolute Gasteiger partial charge is 0.185 e. The van der Waals surface area contributed by atoms with Gasteiger partial charge in [-0.05, 0) is 44.3 Å². The van der Waals surface area contributed by atoms with Crippen molar-refractivity contribution in [2.24, 2.45) is 0 Å². The van der Waals surface area contributed by atoms with Crippen LogP contribution >= 0.6 is 0 Å². The number of hydrogen-bond acceptors (Lipinski definition) is 5. The van der Waals surface area contributed by atoms with Gasteiger partial charge in [0.2, 0.25) is 0 Å². The lowest BCUT2D eigenvalue weighted by atomic mass is 9.72. The van der Waals surface area contributed by atoms with Crippen molar-refractivity contribution in [1.29, 1.82) is 0 Å². The van der Waals surface area contributed by atoms with Crippen molar-refractivity contribution in [1.82, 2.24) is 0 Å². The predicted molar refractivity (Wildman–Crippen MR) is 85.9 cm³/mol. The average molecular weight is 324 g/mol. The molecular formula is C16H24O5Si. The van der Waals surface area contributed by atoms with Crippen molar-refractivity contribution >= 4 is 14.1 Å². The summed E-state index contributed by atoms with van der Waals surface area (Å²) in [6.45, 7) is 6.03. The number of rotatable bonds is 6. The second kappa shape index (κ2) is 6.02. The first kappa shape index (κ1) is 17.0. The van der Waals surface area contributed by atoms with E-state index in [0.717, 1.165) is 0 Å². The number of aliphatic hydroxyl groups is 1. The molecule has 0 spiro atoms. The Kier molecular flexibility index (Phi) is 4.65. The fourth-order valence-corrected chi connectivity index (χ4v) is 4.20. The zero-order valence-corrected chi connectivity index (χ0v) is 14.8. The second-order valence-electron chi connectivity index (χ2n) is 6.54. The number of aliphatic hydroxyl groups excluding tert-OH is 1. The van der Waals surface area contributed by atoms with Gasteiger partial charge in [-0.1, -0.05) is 0 Å². The molecule has 0 radical (unpaired) electrons. The molecule has 1 aliphatic rings. The van der Waals surface area contributed by atoms with Crippen LogP contribution in [0, 0.1) is 0 Å². The average Bonchev–Trinajstić information content (AvgIpc) is 2.48.